The number of likely N-dealkylation sites (N-methyl/N-ethyl adjacent to an activating group) is 1. The quantitative estimate of drug-likeness (QED) is 0.371. The molecule has 0 spiro atoms. The third kappa shape index (κ3) is 6.61. The summed E-state index contributed by atoms with van der Waals surface area (Å²) in [5, 5.41) is 12.1. The smallest absolute Gasteiger partial charge is 0.191 e. The minimum Gasteiger partial charge on any atom is -0.369 e. The number of nitrogens with one attached hydrogen (secondary N) is 2. The van der Waals surface area contributed by atoms with Crippen LogP contribution in [0.4, 0.5) is 5.69 Å². The second kappa shape index (κ2) is 11.4. The van der Waals surface area contributed by atoms with Gasteiger partial charge in [0.05, 0.1) is 12.2 Å². The molecule has 8 heteroatoms. The van der Waals surface area contributed by atoms with Gasteiger partial charge in [-0.15, -0.1) is 0 Å². The van der Waals surface area contributed by atoms with Crippen LogP contribution in [0.2, 0.25) is 5.02 Å². The van der Waals surface area contributed by atoms with Gasteiger partial charge in [-0.2, -0.15) is 5.10 Å². The molecule has 31 heavy (non-hydrogen) atoms. The van der Waals surface area contributed by atoms with Crippen LogP contribution in [0.3, 0.4) is 0 Å². The van der Waals surface area contributed by atoms with E-state index in [4.69, 9.17) is 16.6 Å². The number of guanidine groups is 1. The normalized spacial score (nSPS) is 15.4. The number of aliphatic imine (C=N–C) groups is 1. The maximum absolute atomic E-state index is 6.59. The minimum atomic E-state index is 0.550. The highest BCUT2D eigenvalue weighted by Crippen LogP contribution is 2.29. The van der Waals surface area contributed by atoms with E-state index in [1.807, 2.05) is 19.1 Å². The van der Waals surface area contributed by atoms with Crippen LogP contribution in [-0.2, 0) is 13.1 Å². The Hall–Kier alpha value is -2.25. The molecule has 1 aliphatic rings. The van der Waals surface area contributed by atoms with Gasteiger partial charge in [0, 0.05) is 67.8 Å². The SMILES string of the molecule is CCNC(=NCc1c(Cl)cccc1N1CCN(C)CC1)NCCCn1nc(C)cc1C. The number of hydrogen-bond acceptors (Lipinski definition) is 4. The molecule has 0 atom stereocenters. The van der Waals surface area contributed by atoms with Crippen molar-refractivity contribution in [2.24, 2.45) is 4.99 Å². The van der Waals surface area contributed by atoms with Crippen molar-refractivity contribution in [2.75, 3.05) is 51.2 Å². The lowest BCUT2D eigenvalue weighted by molar-refractivity contribution is 0.312. The van der Waals surface area contributed by atoms with Crippen LogP contribution in [0.1, 0.15) is 30.3 Å². The van der Waals surface area contributed by atoms with Gasteiger partial charge in [-0.1, -0.05) is 17.7 Å². The summed E-state index contributed by atoms with van der Waals surface area (Å²) in [4.78, 5) is 9.61. The highest BCUT2D eigenvalue weighted by molar-refractivity contribution is 6.31. The van der Waals surface area contributed by atoms with Gasteiger partial charge in [0.2, 0.25) is 0 Å². The molecule has 7 nitrogen and oxygen atoms in total. The maximum Gasteiger partial charge on any atom is 0.191 e. The van der Waals surface area contributed by atoms with Gasteiger partial charge < -0.3 is 20.4 Å². The molecular formula is C23H36ClN7. The van der Waals surface area contributed by atoms with Gasteiger partial charge in [-0.05, 0) is 52.4 Å². The number of nitrogens with zero attached hydrogens (tertiary/aromatic N) is 5. The maximum atomic E-state index is 6.59. The highest BCUT2D eigenvalue weighted by atomic mass is 35.5. The summed E-state index contributed by atoms with van der Waals surface area (Å²) in [6, 6.07) is 8.27. The average molecular weight is 446 g/mol. The lowest BCUT2D eigenvalue weighted by Crippen LogP contribution is -2.44. The molecule has 0 saturated carbocycles. The van der Waals surface area contributed by atoms with E-state index in [-0.39, 0.29) is 0 Å². The van der Waals surface area contributed by atoms with Crippen LogP contribution in [0.25, 0.3) is 0 Å². The standard InChI is InChI=1S/C23H36ClN7/c1-5-25-23(26-10-7-11-31-19(3)16-18(2)28-31)27-17-20-21(24)8-6-9-22(20)30-14-12-29(4)13-15-30/h6,8-9,16H,5,7,10-15,17H2,1-4H3,(H2,25,26,27). The molecule has 2 aromatic rings. The number of piperazine rings is 1. The number of rotatable bonds is 8. The van der Waals surface area contributed by atoms with Crippen molar-refractivity contribution in [2.45, 2.75) is 40.3 Å². The molecule has 1 saturated heterocycles. The van der Waals surface area contributed by atoms with Crippen molar-refractivity contribution in [3.63, 3.8) is 0 Å². The van der Waals surface area contributed by atoms with E-state index >= 15 is 0 Å². The Balaban J connectivity index is 1.61. The molecule has 3 rings (SSSR count). The molecule has 0 radical (unpaired) electrons. The van der Waals surface area contributed by atoms with Gasteiger partial charge in [0.1, 0.15) is 0 Å². The second-order valence-corrected chi connectivity index (χ2v) is 8.56. The summed E-state index contributed by atoms with van der Waals surface area (Å²) >= 11 is 6.59. The van der Waals surface area contributed by atoms with Crippen LogP contribution >= 0.6 is 11.6 Å². The van der Waals surface area contributed by atoms with E-state index in [0.29, 0.717) is 6.54 Å². The van der Waals surface area contributed by atoms with Crippen LogP contribution in [0, 0.1) is 13.8 Å². The molecule has 1 aromatic heterocycles. The molecular weight excluding hydrogens is 410 g/mol. The Bertz CT molecular complexity index is 869. The minimum absolute atomic E-state index is 0.550. The molecule has 0 amide bonds. The van der Waals surface area contributed by atoms with E-state index < -0.39 is 0 Å². The third-order valence-electron chi connectivity index (χ3n) is 5.62. The number of benzene rings is 1. The van der Waals surface area contributed by atoms with E-state index in [0.717, 1.165) is 74.5 Å². The van der Waals surface area contributed by atoms with Gasteiger partial charge >= 0.3 is 0 Å². The number of halogens is 1. The zero-order chi connectivity index (χ0) is 22.2. The molecule has 1 aromatic carbocycles. The Labute approximate surface area is 191 Å². The van der Waals surface area contributed by atoms with E-state index in [1.54, 1.807) is 0 Å². The Morgan fingerprint density at radius 3 is 2.61 bits per heavy atom. The zero-order valence-electron chi connectivity index (χ0n) is 19.3. The average Bonchev–Trinajstić information content (AvgIpc) is 3.07. The summed E-state index contributed by atoms with van der Waals surface area (Å²) in [7, 11) is 2.17. The molecule has 2 heterocycles. The number of aromatic nitrogens is 2. The van der Waals surface area contributed by atoms with Crippen molar-refractivity contribution in [1.29, 1.82) is 0 Å². The van der Waals surface area contributed by atoms with Crippen LogP contribution < -0.4 is 15.5 Å². The first-order chi connectivity index (χ1) is 15.0. The van der Waals surface area contributed by atoms with Crippen molar-refractivity contribution in [1.82, 2.24) is 25.3 Å². The molecule has 1 fully saturated rings. The first kappa shape index (κ1) is 23.4. The van der Waals surface area contributed by atoms with E-state index in [2.05, 4.69) is 63.2 Å². The van der Waals surface area contributed by atoms with Crippen LogP contribution in [0.15, 0.2) is 29.3 Å². The predicted molar refractivity (Wildman–Crippen MR) is 130 cm³/mol. The molecule has 0 aliphatic carbocycles. The van der Waals surface area contributed by atoms with E-state index in [1.165, 1.54) is 11.4 Å². The third-order valence-corrected chi connectivity index (χ3v) is 5.97. The first-order valence-corrected chi connectivity index (χ1v) is 11.6. The van der Waals surface area contributed by atoms with Crippen LogP contribution in [-0.4, -0.2) is 67.0 Å². The number of anilines is 1. The largest absolute Gasteiger partial charge is 0.369 e. The Morgan fingerprint density at radius 2 is 1.94 bits per heavy atom. The fraction of sp³-hybridized carbons (Fsp3) is 0.565. The summed E-state index contributed by atoms with van der Waals surface area (Å²) < 4.78 is 2.06. The molecule has 1 aliphatic heterocycles. The summed E-state index contributed by atoms with van der Waals surface area (Å²) in [6.45, 7) is 13.5. The summed E-state index contributed by atoms with van der Waals surface area (Å²) in [5.41, 5.74) is 4.56. The lowest BCUT2D eigenvalue weighted by Gasteiger charge is -2.35. The van der Waals surface area contributed by atoms with Gasteiger partial charge in [-0.25, -0.2) is 4.99 Å². The van der Waals surface area contributed by atoms with Gasteiger partial charge in [0.15, 0.2) is 5.96 Å². The van der Waals surface area contributed by atoms with Crippen molar-refractivity contribution >= 4 is 23.2 Å². The Morgan fingerprint density at radius 1 is 1.16 bits per heavy atom. The van der Waals surface area contributed by atoms with Gasteiger partial charge in [-0.3, -0.25) is 4.68 Å². The van der Waals surface area contributed by atoms with Crippen molar-refractivity contribution in [3.8, 4) is 0 Å². The molecule has 170 valence electrons. The van der Waals surface area contributed by atoms with Gasteiger partial charge in [0.25, 0.3) is 0 Å². The summed E-state index contributed by atoms with van der Waals surface area (Å²) in [6.07, 6.45) is 0.977. The summed E-state index contributed by atoms with van der Waals surface area (Å²) in [5.74, 6) is 0.820. The Kier molecular flexibility index (Phi) is 8.60. The molecule has 2 N–H and O–H groups in total. The monoisotopic (exact) mass is 445 g/mol. The van der Waals surface area contributed by atoms with E-state index in [9.17, 15) is 0 Å². The molecule has 0 bridgehead atoms. The fourth-order valence-electron chi connectivity index (χ4n) is 3.88. The predicted octanol–water partition coefficient (Wildman–Crippen LogP) is 3.05. The first-order valence-electron chi connectivity index (χ1n) is 11.2. The topological polar surface area (TPSA) is 60.7 Å². The second-order valence-electron chi connectivity index (χ2n) is 8.15. The lowest BCUT2D eigenvalue weighted by atomic mass is 10.1. The zero-order valence-corrected chi connectivity index (χ0v) is 20.0. The van der Waals surface area contributed by atoms with Crippen molar-refractivity contribution in [3.05, 3.63) is 46.2 Å². The number of aryl methyl sites for hydroxylation is 3. The van der Waals surface area contributed by atoms with Crippen molar-refractivity contribution < 1.29 is 0 Å². The highest BCUT2D eigenvalue weighted by Gasteiger charge is 2.18. The number of hydrogen-bond donors (Lipinski definition) is 2. The van der Waals surface area contributed by atoms with Crippen LogP contribution in [0.5, 0.6) is 0 Å². The fourth-order valence-corrected chi connectivity index (χ4v) is 4.11. The molecule has 0 unspecified atom stereocenters.